The minimum absolute atomic E-state index is 0.0964. The Kier molecular flexibility index (Phi) is 5.30. The molecule has 8 heteroatoms. The standard InChI is InChI=1S/C17H17BrN4O3/c1-22-14(9-23)16(18)13(21-22)10-25-11-7-19-17(20-8-11)12-5-3-4-6-15(12)24-2/h3-8,23H,9-10H2,1-2H3. The van der Waals surface area contributed by atoms with Crippen LogP contribution < -0.4 is 9.47 Å². The Morgan fingerprint density at radius 2 is 1.92 bits per heavy atom. The van der Waals surface area contributed by atoms with E-state index in [1.165, 1.54) is 0 Å². The molecule has 0 atom stereocenters. The number of rotatable bonds is 6. The lowest BCUT2D eigenvalue weighted by molar-refractivity contribution is 0.270. The van der Waals surface area contributed by atoms with Crippen molar-refractivity contribution in [3.63, 3.8) is 0 Å². The number of hydrogen-bond donors (Lipinski definition) is 1. The Morgan fingerprint density at radius 1 is 1.20 bits per heavy atom. The van der Waals surface area contributed by atoms with Crippen LogP contribution in [0.1, 0.15) is 11.4 Å². The maximum absolute atomic E-state index is 9.32. The fourth-order valence-electron chi connectivity index (χ4n) is 2.37. The molecule has 1 aromatic carbocycles. The third-order valence-electron chi connectivity index (χ3n) is 3.67. The van der Waals surface area contributed by atoms with Crippen LogP contribution in [0.4, 0.5) is 0 Å². The van der Waals surface area contributed by atoms with Gasteiger partial charge in [-0.05, 0) is 28.1 Å². The summed E-state index contributed by atoms with van der Waals surface area (Å²) in [7, 11) is 3.38. The topological polar surface area (TPSA) is 82.3 Å². The summed E-state index contributed by atoms with van der Waals surface area (Å²) in [4.78, 5) is 8.68. The first-order valence-corrected chi connectivity index (χ1v) is 8.32. The van der Waals surface area contributed by atoms with Crippen LogP contribution in [-0.4, -0.2) is 32.0 Å². The first-order chi connectivity index (χ1) is 12.1. The molecular formula is C17H17BrN4O3. The van der Waals surface area contributed by atoms with Crippen molar-refractivity contribution in [3.05, 3.63) is 52.5 Å². The van der Waals surface area contributed by atoms with E-state index in [0.29, 0.717) is 28.7 Å². The summed E-state index contributed by atoms with van der Waals surface area (Å²) in [6, 6.07) is 7.56. The average Bonchev–Trinajstić information content (AvgIpc) is 2.93. The molecule has 0 spiro atoms. The first kappa shape index (κ1) is 17.4. The number of hydrogen-bond acceptors (Lipinski definition) is 6. The monoisotopic (exact) mass is 404 g/mol. The Morgan fingerprint density at radius 3 is 2.56 bits per heavy atom. The maximum atomic E-state index is 9.32. The van der Waals surface area contributed by atoms with Gasteiger partial charge in [-0.25, -0.2) is 9.97 Å². The molecule has 0 saturated heterocycles. The molecule has 1 N–H and O–H groups in total. The van der Waals surface area contributed by atoms with E-state index in [4.69, 9.17) is 9.47 Å². The number of aromatic nitrogens is 4. The molecule has 2 heterocycles. The highest BCUT2D eigenvalue weighted by molar-refractivity contribution is 9.10. The number of halogens is 1. The highest BCUT2D eigenvalue weighted by Gasteiger charge is 2.14. The minimum atomic E-state index is -0.0964. The van der Waals surface area contributed by atoms with Crippen LogP contribution in [0.2, 0.25) is 0 Å². The van der Waals surface area contributed by atoms with Crippen molar-refractivity contribution >= 4 is 15.9 Å². The molecule has 2 aromatic heterocycles. The summed E-state index contributed by atoms with van der Waals surface area (Å²) in [5.74, 6) is 1.80. The molecular weight excluding hydrogens is 388 g/mol. The molecule has 25 heavy (non-hydrogen) atoms. The number of benzene rings is 1. The molecule has 0 aliphatic rings. The lowest BCUT2D eigenvalue weighted by Crippen LogP contribution is -2.00. The molecule has 3 aromatic rings. The number of aliphatic hydroxyl groups excluding tert-OH is 1. The summed E-state index contributed by atoms with van der Waals surface area (Å²) in [6.45, 7) is 0.145. The normalized spacial score (nSPS) is 10.7. The lowest BCUT2D eigenvalue weighted by Gasteiger charge is -2.08. The molecule has 0 unspecified atom stereocenters. The fourth-order valence-corrected chi connectivity index (χ4v) is 2.94. The van der Waals surface area contributed by atoms with E-state index in [1.807, 2.05) is 24.3 Å². The second-order valence-electron chi connectivity index (χ2n) is 5.22. The predicted octanol–water partition coefficient (Wildman–Crippen LogP) is 2.72. The van der Waals surface area contributed by atoms with Crippen molar-refractivity contribution < 1.29 is 14.6 Å². The molecule has 0 aliphatic heterocycles. The first-order valence-electron chi connectivity index (χ1n) is 7.53. The highest BCUT2D eigenvalue weighted by Crippen LogP contribution is 2.27. The molecule has 0 radical (unpaired) electrons. The van der Waals surface area contributed by atoms with E-state index in [0.717, 1.165) is 10.0 Å². The van der Waals surface area contributed by atoms with Crippen LogP contribution in [0.3, 0.4) is 0 Å². The van der Waals surface area contributed by atoms with Crippen molar-refractivity contribution in [2.75, 3.05) is 7.11 Å². The summed E-state index contributed by atoms with van der Waals surface area (Å²) in [6.07, 6.45) is 3.22. The Hall–Kier alpha value is -2.45. The van der Waals surface area contributed by atoms with Crippen LogP contribution in [0.15, 0.2) is 41.1 Å². The Bertz CT molecular complexity index is 865. The molecule has 130 valence electrons. The average molecular weight is 405 g/mol. The van der Waals surface area contributed by atoms with Crippen LogP contribution in [0, 0.1) is 0 Å². The Labute approximate surface area is 153 Å². The number of aryl methyl sites for hydroxylation is 1. The molecule has 0 fully saturated rings. The van der Waals surface area contributed by atoms with E-state index >= 15 is 0 Å². The zero-order chi connectivity index (χ0) is 17.8. The molecule has 7 nitrogen and oxygen atoms in total. The summed E-state index contributed by atoms with van der Waals surface area (Å²) in [5.41, 5.74) is 2.21. The second-order valence-corrected chi connectivity index (χ2v) is 6.01. The summed E-state index contributed by atoms with van der Waals surface area (Å²) >= 11 is 3.43. The van der Waals surface area contributed by atoms with Gasteiger partial charge in [0.2, 0.25) is 0 Å². The highest BCUT2D eigenvalue weighted by atomic mass is 79.9. The van der Waals surface area contributed by atoms with Crippen molar-refractivity contribution in [1.82, 2.24) is 19.7 Å². The van der Waals surface area contributed by atoms with Gasteiger partial charge in [-0.1, -0.05) is 12.1 Å². The van der Waals surface area contributed by atoms with Crippen molar-refractivity contribution in [2.45, 2.75) is 13.2 Å². The quantitative estimate of drug-likeness (QED) is 0.679. The minimum Gasteiger partial charge on any atom is -0.496 e. The SMILES string of the molecule is COc1ccccc1-c1ncc(OCc2nn(C)c(CO)c2Br)cn1. The zero-order valence-corrected chi connectivity index (χ0v) is 15.4. The second kappa shape index (κ2) is 7.62. The van der Waals surface area contributed by atoms with Crippen LogP contribution >= 0.6 is 15.9 Å². The summed E-state index contributed by atoms with van der Waals surface area (Å²) in [5, 5.41) is 13.6. The fraction of sp³-hybridized carbons (Fsp3) is 0.235. The number of nitrogens with zero attached hydrogens (tertiary/aromatic N) is 4. The smallest absolute Gasteiger partial charge is 0.163 e. The molecule has 0 saturated carbocycles. The molecule has 3 rings (SSSR count). The van der Waals surface area contributed by atoms with Gasteiger partial charge in [-0.3, -0.25) is 4.68 Å². The van der Waals surface area contributed by atoms with Gasteiger partial charge >= 0.3 is 0 Å². The van der Waals surface area contributed by atoms with Gasteiger partial charge in [0.25, 0.3) is 0 Å². The lowest BCUT2D eigenvalue weighted by atomic mass is 10.2. The largest absolute Gasteiger partial charge is 0.496 e. The van der Waals surface area contributed by atoms with Gasteiger partial charge < -0.3 is 14.6 Å². The number of aliphatic hydroxyl groups is 1. The van der Waals surface area contributed by atoms with Gasteiger partial charge in [0.1, 0.15) is 18.1 Å². The Balaban J connectivity index is 1.73. The number of para-hydroxylation sites is 1. The van der Waals surface area contributed by atoms with Crippen LogP contribution in [-0.2, 0) is 20.3 Å². The van der Waals surface area contributed by atoms with Gasteiger partial charge in [-0.2, -0.15) is 5.10 Å². The van der Waals surface area contributed by atoms with Crippen molar-refractivity contribution in [2.24, 2.45) is 7.05 Å². The van der Waals surface area contributed by atoms with Crippen molar-refractivity contribution in [3.8, 4) is 22.9 Å². The third-order valence-corrected chi connectivity index (χ3v) is 4.58. The maximum Gasteiger partial charge on any atom is 0.163 e. The van der Waals surface area contributed by atoms with E-state index in [2.05, 4.69) is 31.0 Å². The van der Waals surface area contributed by atoms with Crippen molar-refractivity contribution in [1.29, 1.82) is 0 Å². The number of methoxy groups -OCH3 is 1. The van der Waals surface area contributed by atoms with E-state index in [1.54, 1.807) is 31.2 Å². The van der Waals surface area contributed by atoms with E-state index in [9.17, 15) is 5.11 Å². The van der Waals surface area contributed by atoms with Crippen LogP contribution in [0.25, 0.3) is 11.4 Å². The summed E-state index contributed by atoms with van der Waals surface area (Å²) < 4.78 is 13.4. The molecule has 0 bridgehead atoms. The predicted molar refractivity (Wildman–Crippen MR) is 95.2 cm³/mol. The van der Waals surface area contributed by atoms with E-state index in [-0.39, 0.29) is 13.2 Å². The molecule has 0 aliphatic carbocycles. The number of ether oxygens (including phenoxy) is 2. The van der Waals surface area contributed by atoms with E-state index < -0.39 is 0 Å². The molecule has 0 amide bonds. The van der Waals surface area contributed by atoms with Gasteiger partial charge in [0, 0.05) is 7.05 Å². The third kappa shape index (κ3) is 3.64. The van der Waals surface area contributed by atoms with Gasteiger partial charge in [0.05, 0.1) is 41.8 Å². The zero-order valence-electron chi connectivity index (χ0n) is 13.8. The van der Waals surface area contributed by atoms with Gasteiger partial charge in [0.15, 0.2) is 11.6 Å². The van der Waals surface area contributed by atoms with Gasteiger partial charge in [-0.15, -0.1) is 0 Å². The van der Waals surface area contributed by atoms with Crippen LogP contribution in [0.5, 0.6) is 11.5 Å².